The Hall–Kier alpha value is -4.92. The smallest absolute Gasteiger partial charge is 0.417 e. The summed E-state index contributed by atoms with van der Waals surface area (Å²) in [4.78, 5) is 15.4. The van der Waals surface area contributed by atoms with Gasteiger partial charge in [0.05, 0.1) is 17.7 Å². The molecule has 222 valence electrons. The molecule has 1 heterocycles. The molecule has 0 aliphatic rings. The summed E-state index contributed by atoms with van der Waals surface area (Å²) >= 11 is 0. The number of anilines is 1. The Morgan fingerprint density at radius 2 is 1.81 bits per heavy atom. The molecule has 4 rings (SSSR count). The summed E-state index contributed by atoms with van der Waals surface area (Å²) in [5.41, 5.74) is 2.59. The zero-order valence-corrected chi connectivity index (χ0v) is 23.2. The quantitative estimate of drug-likeness (QED) is 0.166. The summed E-state index contributed by atoms with van der Waals surface area (Å²) in [6.45, 7) is 1.06. The molecule has 0 spiro atoms. The Morgan fingerprint density at radius 3 is 2.49 bits per heavy atom. The fraction of sp³-hybridized carbons (Fsp3) is 0.219. The number of aliphatic carboxylic acids is 1. The van der Waals surface area contributed by atoms with Gasteiger partial charge in [-0.2, -0.15) is 18.4 Å². The van der Waals surface area contributed by atoms with Crippen LogP contribution in [0.2, 0.25) is 0 Å². The Kier molecular flexibility index (Phi) is 9.98. The SMILES string of the molecule is Cc1cc(CN[C@H](CO)C(=O)O)c(OCc2cncc(C#N)c2)cc1NCc1cccc(-c2ccccc2)c1C(F)(F)F. The molecule has 0 unspecified atom stereocenters. The number of hydrogen-bond donors (Lipinski definition) is 4. The molecule has 3 aromatic carbocycles. The topological polar surface area (TPSA) is 128 Å². The van der Waals surface area contributed by atoms with Crippen molar-refractivity contribution in [2.45, 2.75) is 38.8 Å². The molecule has 0 aliphatic heterocycles. The lowest BCUT2D eigenvalue weighted by molar-refractivity contribution is -0.140. The van der Waals surface area contributed by atoms with Crippen LogP contribution >= 0.6 is 0 Å². The Bertz CT molecular complexity index is 1620. The van der Waals surface area contributed by atoms with E-state index >= 15 is 0 Å². The molecule has 43 heavy (non-hydrogen) atoms. The zero-order valence-electron chi connectivity index (χ0n) is 23.2. The molecule has 0 amide bonds. The fourth-order valence-corrected chi connectivity index (χ4v) is 4.59. The second-order valence-corrected chi connectivity index (χ2v) is 9.77. The molecule has 4 N–H and O–H groups in total. The van der Waals surface area contributed by atoms with Crippen molar-refractivity contribution in [2.24, 2.45) is 0 Å². The number of hydrogen-bond acceptors (Lipinski definition) is 7. The highest BCUT2D eigenvalue weighted by atomic mass is 19.4. The molecule has 0 fully saturated rings. The van der Waals surface area contributed by atoms with Gasteiger partial charge in [0.1, 0.15) is 24.5 Å². The van der Waals surface area contributed by atoms with E-state index in [9.17, 15) is 28.2 Å². The van der Waals surface area contributed by atoms with Gasteiger partial charge in [0.15, 0.2) is 0 Å². The van der Waals surface area contributed by atoms with Crippen molar-refractivity contribution in [3.8, 4) is 22.9 Å². The second kappa shape index (κ2) is 13.8. The van der Waals surface area contributed by atoms with Crippen LogP contribution in [0.25, 0.3) is 11.1 Å². The minimum absolute atomic E-state index is 0.0255. The van der Waals surface area contributed by atoms with Gasteiger partial charge in [-0.3, -0.25) is 15.1 Å². The van der Waals surface area contributed by atoms with Gasteiger partial charge >= 0.3 is 12.1 Å². The van der Waals surface area contributed by atoms with E-state index in [4.69, 9.17) is 10.00 Å². The van der Waals surface area contributed by atoms with Gasteiger partial charge in [-0.25, -0.2) is 0 Å². The van der Waals surface area contributed by atoms with E-state index < -0.39 is 30.4 Å². The summed E-state index contributed by atoms with van der Waals surface area (Å²) < 4.78 is 49.0. The molecular weight excluding hydrogens is 561 g/mol. The van der Waals surface area contributed by atoms with E-state index in [0.717, 1.165) is 0 Å². The maximum atomic E-state index is 14.3. The van der Waals surface area contributed by atoms with Crippen molar-refractivity contribution in [1.82, 2.24) is 10.3 Å². The van der Waals surface area contributed by atoms with Crippen LogP contribution in [-0.2, 0) is 30.7 Å². The molecule has 11 heteroatoms. The molecule has 1 atom stereocenters. The van der Waals surface area contributed by atoms with Gasteiger partial charge in [0.25, 0.3) is 0 Å². The predicted molar refractivity (Wildman–Crippen MR) is 154 cm³/mol. The maximum Gasteiger partial charge on any atom is 0.417 e. The lowest BCUT2D eigenvalue weighted by Gasteiger charge is -2.21. The van der Waals surface area contributed by atoms with Gasteiger partial charge in [-0.05, 0) is 41.3 Å². The molecule has 1 aromatic heterocycles. The van der Waals surface area contributed by atoms with Crippen LogP contribution in [0.3, 0.4) is 0 Å². The van der Waals surface area contributed by atoms with Gasteiger partial charge in [-0.1, -0.05) is 48.5 Å². The standard InChI is InChI=1S/C32H29F3N4O4/c1-20-10-25(17-39-28(18-40)31(41)42)29(43-19-22-11-21(13-36)14-37-15-22)12-27(20)38-16-24-8-5-9-26(30(24)32(33,34)35)23-6-3-2-4-7-23/h2-12,14-15,28,38-40H,16-19H2,1H3,(H,41,42)/t28-/m1/s1. The van der Waals surface area contributed by atoms with E-state index in [1.54, 1.807) is 61.5 Å². The van der Waals surface area contributed by atoms with E-state index in [1.165, 1.54) is 24.5 Å². The van der Waals surface area contributed by atoms with Gasteiger partial charge < -0.3 is 20.3 Å². The average molecular weight is 591 g/mol. The highest BCUT2D eigenvalue weighted by molar-refractivity contribution is 5.73. The monoisotopic (exact) mass is 590 g/mol. The van der Waals surface area contributed by atoms with Crippen LogP contribution in [0.15, 0.2) is 79.1 Å². The molecule has 4 aromatic rings. The number of nitrogens with zero attached hydrogens (tertiary/aromatic N) is 2. The van der Waals surface area contributed by atoms with Crippen LogP contribution in [0.1, 0.15) is 33.4 Å². The number of pyridine rings is 1. The lowest BCUT2D eigenvalue weighted by atomic mass is 9.94. The van der Waals surface area contributed by atoms with Crippen molar-refractivity contribution in [3.05, 3.63) is 113 Å². The van der Waals surface area contributed by atoms with Crippen LogP contribution in [0.4, 0.5) is 18.9 Å². The van der Waals surface area contributed by atoms with E-state index in [0.29, 0.717) is 39.3 Å². The molecule has 8 nitrogen and oxygen atoms in total. The summed E-state index contributed by atoms with van der Waals surface area (Å²) in [7, 11) is 0. The first-order valence-electron chi connectivity index (χ1n) is 13.3. The van der Waals surface area contributed by atoms with Gasteiger partial charge in [0, 0.05) is 48.4 Å². The highest BCUT2D eigenvalue weighted by Gasteiger charge is 2.36. The third kappa shape index (κ3) is 7.88. The van der Waals surface area contributed by atoms with Crippen LogP contribution in [0.5, 0.6) is 5.75 Å². The number of ether oxygens (including phenoxy) is 1. The summed E-state index contributed by atoms with van der Waals surface area (Å²) in [5, 5.41) is 33.7. The van der Waals surface area contributed by atoms with Crippen LogP contribution < -0.4 is 15.4 Å². The Balaban J connectivity index is 1.65. The number of aliphatic hydroxyl groups is 1. The zero-order chi connectivity index (χ0) is 31.0. The number of halogens is 3. The number of alkyl halides is 3. The number of benzene rings is 3. The minimum Gasteiger partial charge on any atom is -0.488 e. The largest absolute Gasteiger partial charge is 0.488 e. The maximum absolute atomic E-state index is 14.3. The number of aryl methyl sites for hydroxylation is 1. The highest BCUT2D eigenvalue weighted by Crippen LogP contribution is 2.40. The second-order valence-electron chi connectivity index (χ2n) is 9.77. The number of carboxylic acid groups (broad SMARTS) is 1. The number of carboxylic acids is 1. The molecule has 0 aliphatic carbocycles. The number of rotatable bonds is 12. The fourth-order valence-electron chi connectivity index (χ4n) is 4.59. The Labute approximate surface area is 246 Å². The van der Waals surface area contributed by atoms with Crippen molar-refractivity contribution in [2.75, 3.05) is 11.9 Å². The molecular formula is C32H29F3N4O4. The summed E-state index contributed by atoms with van der Waals surface area (Å²) in [6, 6.07) is 18.6. The first-order chi connectivity index (χ1) is 20.6. The van der Waals surface area contributed by atoms with Crippen molar-refractivity contribution >= 4 is 11.7 Å². The Morgan fingerprint density at radius 1 is 1.05 bits per heavy atom. The van der Waals surface area contributed by atoms with Crippen molar-refractivity contribution in [1.29, 1.82) is 5.26 Å². The average Bonchev–Trinajstić information content (AvgIpc) is 3.00. The lowest BCUT2D eigenvalue weighted by Crippen LogP contribution is -2.39. The predicted octanol–water partition coefficient (Wildman–Crippen LogP) is 5.67. The van der Waals surface area contributed by atoms with E-state index in [2.05, 4.69) is 15.6 Å². The van der Waals surface area contributed by atoms with Crippen LogP contribution in [-0.4, -0.2) is 33.8 Å². The van der Waals surface area contributed by atoms with Crippen molar-refractivity contribution < 1.29 is 32.9 Å². The van der Waals surface area contributed by atoms with Gasteiger partial charge in [-0.15, -0.1) is 0 Å². The minimum atomic E-state index is -4.60. The molecule has 0 saturated heterocycles. The normalized spacial score (nSPS) is 11.9. The van der Waals surface area contributed by atoms with Crippen molar-refractivity contribution in [3.63, 3.8) is 0 Å². The third-order valence-electron chi connectivity index (χ3n) is 6.73. The number of nitrogens with one attached hydrogen (secondary N) is 2. The number of nitriles is 1. The van der Waals surface area contributed by atoms with Crippen LogP contribution in [0, 0.1) is 18.3 Å². The third-order valence-corrected chi connectivity index (χ3v) is 6.73. The van der Waals surface area contributed by atoms with Gasteiger partial charge in [0.2, 0.25) is 0 Å². The molecule has 0 saturated carbocycles. The first-order valence-corrected chi connectivity index (χ1v) is 13.3. The summed E-state index contributed by atoms with van der Waals surface area (Å²) in [5.74, 6) is -0.892. The number of aliphatic hydroxyl groups excluding tert-OH is 1. The summed E-state index contributed by atoms with van der Waals surface area (Å²) in [6.07, 6.45) is -1.64. The molecule has 0 radical (unpaired) electrons. The van der Waals surface area contributed by atoms with E-state index in [1.807, 2.05) is 6.07 Å². The number of carbonyl (C=O) groups is 1. The van der Waals surface area contributed by atoms with E-state index in [-0.39, 0.29) is 30.8 Å². The molecule has 0 bridgehead atoms. The first kappa shape index (κ1) is 31.0. The number of aromatic nitrogens is 1.